The molecule has 1 spiro atoms. The van der Waals surface area contributed by atoms with Crippen LogP contribution in [0.1, 0.15) is 32.6 Å². The molecular formula is C12H22N2O. The van der Waals surface area contributed by atoms with Crippen molar-refractivity contribution in [1.82, 2.24) is 9.80 Å². The van der Waals surface area contributed by atoms with Gasteiger partial charge in [0.2, 0.25) is 5.91 Å². The van der Waals surface area contributed by atoms with E-state index in [4.69, 9.17) is 0 Å². The summed E-state index contributed by atoms with van der Waals surface area (Å²) in [6.07, 6.45) is 4.45. The van der Waals surface area contributed by atoms with Gasteiger partial charge in [-0.25, -0.2) is 0 Å². The molecule has 86 valence electrons. The summed E-state index contributed by atoms with van der Waals surface area (Å²) in [5.74, 6) is 0.353. The summed E-state index contributed by atoms with van der Waals surface area (Å²) in [5.41, 5.74) is 0.356. The van der Waals surface area contributed by atoms with Crippen molar-refractivity contribution >= 4 is 5.91 Å². The molecule has 3 nitrogen and oxygen atoms in total. The number of carbonyl (C=O) groups is 1. The molecule has 1 amide bonds. The van der Waals surface area contributed by atoms with Gasteiger partial charge in [-0.05, 0) is 44.3 Å². The maximum absolute atomic E-state index is 11.7. The van der Waals surface area contributed by atoms with E-state index >= 15 is 0 Å². The molecule has 0 aromatic rings. The van der Waals surface area contributed by atoms with Gasteiger partial charge in [-0.1, -0.05) is 6.92 Å². The number of nitrogens with zero attached hydrogens (tertiary/aromatic N) is 2. The maximum atomic E-state index is 11.7. The molecule has 2 saturated heterocycles. The minimum atomic E-state index is 0.353. The molecule has 3 heteroatoms. The lowest BCUT2D eigenvalue weighted by atomic mass is 9.71. The van der Waals surface area contributed by atoms with Crippen LogP contribution in [-0.2, 0) is 4.79 Å². The molecule has 0 N–H and O–H groups in total. The number of carbonyl (C=O) groups excluding carboxylic acids is 1. The first-order valence-electron chi connectivity index (χ1n) is 6.11. The molecule has 0 bridgehead atoms. The molecule has 0 aliphatic carbocycles. The average Bonchev–Trinajstić information content (AvgIpc) is 2.26. The van der Waals surface area contributed by atoms with Gasteiger partial charge in [0.1, 0.15) is 0 Å². The maximum Gasteiger partial charge on any atom is 0.222 e. The van der Waals surface area contributed by atoms with Crippen molar-refractivity contribution < 1.29 is 4.79 Å². The molecule has 0 aromatic heterocycles. The lowest BCUT2D eigenvalue weighted by Crippen LogP contribution is -2.47. The van der Waals surface area contributed by atoms with Gasteiger partial charge >= 0.3 is 0 Å². The molecule has 0 aromatic carbocycles. The molecule has 0 radical (unpaired) electrons. The number of rotatable bonds is 1. The van der Waals surface area contributed by atoms with Crippen LogP contribution in [0.2, 0.25) is 0 Å². The number of hydrogen-bond acceptors (Lipinski definition) is 2. The van der Waals surface area contributed by atoms with Crippen LogP contribution < -0.4 is 0 Å². The third kappa shape index (κ3) is 2.17. The van der Waals surface area contributed by atoms with Gasteiger partial charge in [0.25, 0.3) is 0 Å². The third-order valence-electron chi connectivity index (χ3n) is 4.29. The van der Waals surface area contributed by atoms with Crippen LogP contribution in [0.25, 0.3) is 0 Å². The topological polar surface area (TPSA) is 23.6 Å². The second kappa shape index (κ2) is 4.12. The van der Waals surface area contributed by atoms with E-state index in [2.05, 4.69) is 11.8 Å². The van der Waals surface area contributed by atoms with Gasteiger partial charge in [-0.15, -0.1) is 0 Å². The number of piperidine rings is 2. The second-order valence-corrected chi connectivity index (χ2v) is 5.18. The Morgan fingerprint density at radius 2 is 1.80 bits per heavy atom. The standard InChI is InChI=1S/C12H22N2O/c1-3-14-8-5-12(6-9-14)4-7-13(2)11(15)10-12/h3-10H2,1-2H3. The molecule has 2 aliphatic rings. The summed E-state index contributed by atoms with van der Waals surface area (Å²) < 4.78 is 0. The smallest absolute Gasteiger partial charge is 0.222 e. The highest BCUT2D eigenvalue weighted by atomic mass is 16.2. The van der Waals surface area contributed by atoms with E-state index in [-0.39, 0.29) is 0 Å². The second-order valence-electron chi connectivity index (χ2n) is 5.18. The first-order chi connectivity index (χ1) is 7.15. The Bertz CT molecular complexity index is 244. The fraction of sp³-hybridized carbons (Fsp3) is 0.917. The highest BCUT2D eigenvalue weighted by Gasteiger charge is 2.39. The zero-order valence-corrected chi connectivity index (χ0v) is 9.96. The number of amides is 1. The average molecular weight is 210 g/mol. The van der Waals surface area contributed by atoms with Gasteiger partial charge in [-0.3, -0.25) is 4.79 Å². The van der Waals surface area contributed by atoms with Crippen LogP contribution in [0.4, 0.5) is 0 Å². The summed E-state index contributed by atoms with van der Waals surface area (Å²) in [5, 5.41) is 0. The highest BCUT2D eigenvalue weighted by Crippen LogP contribution is 2.41. The Kier molecular flexibility index (Phi) is 3.01. The lowest BCUT2D eigenvalue weighted by Gasteiger charge is -2.45. The first kappa shape index (κ1) is 10.9. The Balaban J connectivity index is 1.95. The molecule has 2 rings (SSSR count). The first-order valence-corrected chi connectivity index (χ1v) is 6.11. The Labute approximate surface area is 92.4 Å². The summed E-state index contributed by atoms with van der Waals surface area (Å²) in [6.45, 7) is 6.72. The highest BCUT2D eigenvalue weighted by molar-refractivity contribution is 5.77. The fourth-order valence-electron chi connectivity index (χ4n) is 2.84. The Hall–Kier alpha value is -0.570. The molecule has 0 saturated carbocycles. The van der Waals surface area contributed by atoms with Crippen molar-refractivity contribution in [3.63, 3.8) is 0 Å². The molecule has 15 heavy (non-hydrogen) atoms. The molecule has 2 aliphatic heterocycles. The minimum Gasteiger partial charge on any atom is -0.346 e. The van der Waals surface area contributed by atoms with E-state index in [0.29, 0.717) is 11.3 Å². The van der Waals surface area contributed by atoms with Crippen LogP contribution in [0.5, 0.6) is 0 Å². The zero-order valence-electron chi connectivity index (χ0n) is 9.96. The van der Waals surface area contributed by atoms with Crippen molar-refractivity contribution in [1.29, 1.82) is 0 Å². The van der Waals surface area contributed by atoms with E-state index in [9.17, 15) is 4.79 Å². The van der Waals surface area contributed by atoms with Crippen molar-refractivity contribution in [2.75, 3.05) is 33.2 Å². The van der Waals surface area contributed by atoms with E-state index in [1.165, 1.54) is 32.4 Å². The molecule has 2 heterocycles. The Morgan fingerprint density at radius 3 is 2.33 bits per heavy atom. The molecule has 2 fully saturated rings. The number of likely N-dealkylation sites (tertiary alicyclic amines) is 2. The third-order valence-corrected chi connectivity index (χ3v) is 4.29. The predicted octanol–water partition coefficient (Wildman–Crippen LogP) is 1.34. The van der Waals surface area contributed by atoms with E-state index in [1.54, 1.807) is 0 Å². The minimum absolute atomic E-state index is 0.353. The summed E-state index contributed by atoms with van der Waals surface area (Å²) in [7, 11) is 1.93. The van der Waals surface area contributed by atoms with Crippen LogP contribution in [0, 0.1) is 5.41 Å². The summed E-state index contributed by atoms with van der Waals surface area (Å²) in [6, 6.07) is 0. The van der Waals surface area contributed by atoms with Gasteiger partial charge in [0.05, 0.1) is 0 Å². The molecular weight excluding hydrogens is 188 g/mol. The van der Waals surface area contributed by atoms with E-state index in [1.807, 2.05) is 11.9 Å². The van der Waals surface area contributed by atoms with Crippen LogP contribution in [0.15, 0.2) is 0 Å². The van der Waals surface area contributed by atoms with Gasteiger partial charge in [0, 0.05) is 20.0 Å². The molecule has 0 unspecified atom stereocenters. The summed E-state index contributed by atoms with van der Waals surface area (Å²) >= 11 is 0. The van der Waals surface area contributed by atoms with Gasteiger partial charge in [0.15, 0.2) is 0 Å². The van der Waals surface area contributed by atoms with Crippen molar-refractivity contribution in [2.45, 2.75) is 32.6 Å². The quantitative estimate of drug-likeness (QED) is 0.652. The Morgan fingerprint density at radius 1 is 1.20 bits per heavy atom. The lowest BCUT2D eigenvalue weighted by molar-refractivity contribution is -0.138. The van der Waals surface area contributed by atoms with Crippen LogP contribution in [-0.4, -0.2) is 48.9 Å². The largest absolute Gasteiger partial charge is 0.346 e. The van der Waals surface area contributed by atoms with Crippen molar-refractivity contribution in [3.05, 3.63) is 0 Å². The van der Waals surface area contributed by atoms with Crippen molar-refractivity contribution in [3.8, 4) is 0 Å². The van der Waals surface area contributed by atoms with Crippen LogP contribution in [0.3, 0.4) is 0 Å². The van der Waals surface area contributed by atoms with Gasteiger partial charge < -0.3 is 9.80 Å². The predicted molar refractivity (Wildman–Crippen MR) is 60.7 cm³/mol. The van der Waals surface area contributed by atoms with E-state index in [0.717, 1.165) is 19.5 Å². The summed E-state index contributed by atoms with van der Waals surface area (Å²) in [4.78, 5) is 16.1. The van der Waals surface area contributed by atoms with Gasteiger partial charge in [-0.2, -0.15) is 0 Å². The normalized spacial score (nSPS) is 27.3. The molecule has 0 atom stereocenters. The van der Waals surface area contributed by atoms with E-state index < -0.39 is 0 Å². The zero-order chi connectivity index (χ0) is 10.9. The SMILES string of the molecule is CCN1CCC2(CC1)CCN(C)C(=O)C2. The van der Waals surface area contributed by atoms with Crippen LogP contribution >= 0.6 is 0 Å². The fourth-order valence-corrected chi connectivity index (χ4v) is 2.84. The monoisotopic (exact) mass is 210 g/mol. The number of hydrogen-bond donors (Lipinski definition) is 0. The van der Waals surface area contributed by atoms with Crippen molar-refractivity contribution in [2.24, 2.45) is 5.41 Å².